The molecular formula is C37H74N4O8Si4. The molecule has 2 aromatic heterocycles. The van der Waals surface area contributed by atoms with E-state index in [4.69, 9.17) is 27.2 Å². The SMILES string of the molecule is COc1nc(OC)c2[nH]c(=O)c(=O)n(C[C@H](O[Si](C)(C)C(C)(C)C)[C@H](O[Si](C)(C)C(C)(C)C)[C@@H](CO[Si](C)(C)C(C)(C)C)O[Si](C)(C)C(C)(C)C)c2n1. The maximum Gasteiger partial charge on any atom is 0.321 e. The van der Waals surface area contributed by atoms with Gasteiger partial charge in [-0.15, -0.1) is 0 Å². The van der Waals surface area contributed by atoms with E-state index in [2.05, 4.69) is 150 Å². The van der Waals surface area contributed by atoms with Crippen LogP contribution in [-0.4, -0.2) is 91.9 Å². The molecule has 0 aromatic carbocycles. The van der Waals surface area contributed by atoms with Gasteiger partial charge in [-0.25, -0.2) is 0 Å². The zero-order valence-electron chi connectivity index (χ0n) is 37.3. The van der Waals surface area contributed by atoms with Gasteiger partial charge < -0.3 is 32.2 Å². The van der Waals surface area contributed by atoms with Crippen LogP contribution in [0.25, 0.3) is 11.2 Å². The highest BCUT2D eigenvalue weighted by Crippen LogP contribution is 2.44. The monoisotopic (exact) mass is 814 g/mol. The predicted molar refractivity (Wildman–Crippen MR) is 227 cm³/mol. The van der Waals surface area contributed by atoms with Crippen LogP contribution in [0.5, 0.6) is 11.9 Å². The van der Waals surface area contributed by atoms with E-state index in [0.29, 0.717) is 0 Å². The van der Waals surface area contributed by atoms with Gasteiger partial charge in [0.15, 0.2) is 38.9 Å². The highest BCUT2D eigenvalue weighted by atomic mass is 28.4. The Morgan fingerprint density at radius 2 is 1.06 bits per heavy atom. The van der Waals surface area contributed by atoms with Gasteiger partial charge in [-0.3, -0.25) is 14.2 Å². The van der Waals surface area contributed by atoms with Crippen molar-refractivity contribution in [3.05, 3.63) is 20.7 Å². The molecule has 53 heavy (non-hydrogen) atoms. The van der Waals surface area contributed by atoms with Crippen LogP contribution in [0.3, 0.4) is 0 Å². The second-order valence-corrected chi connectivity index (χ2v) is 39.6. The standard InChI is InChI=1S/C37H74N4O8Si4/c1-34(2,3)50(15,16)46-24-26(48-52(19,20)36(7,8)9)28(49-53(21,22)37(10,11)12)25(47-51(17,18)35(4,5)6)23-41-29-27(38-30(42)32(41)43)31(44-13)40-33(39-29)45-14/h25-26,28H,23-24H2,1-22H3,(H,38,42)/t25-,26+,28-/m0/s1. The van der Waals surface area contributed by atoms with E-state index in [1.807, 2.05) is 0 Å². The molecule has 2 heterocycles. The Labute approximate surface area is 324 Å². The van der Waals surface area contributed by atoms with Crippen LogP contribution >= 0.6 is 0 Å². The molecule has 0 saturated heterocycles. The summed E-state index contributed by atoms with van der Waals surface area (Å²) in [5.41, 5.74) is -1.27. The molecule has 0 saturated carbocycles. The van der Waals surface area contributed by atoms with Crippen molar-refractivity contribution in [1.82, 2.24) is 19.5 Å². The number of rotatable bonds is 15. The van der Waals surface area contributed by atoms with Gasteiger partial charge in [-0.05, 0) is 72.5 Å². The lowest BCUT2D eigenvalue weighted by atomic mass is 10.1. The second kappa shape index (κ2) is 16.1. The van der Waals surface area contributed by atoms with Crippen LogP contribution in [0.1, 0.15) is 83.1 Å². The average Bonchev–Trinajstić information content (AvgIpc) is 2.97. The summed E-state index contributed by atoms with van der Waals surface area (Å²) in [6.45, 7) is 44.5. The van der Waals surface area contributed by atoms with Crippen LogP contribution in [0, 0.1) is 0 Å². The molecule has 1 N–H and O–H groups in total. The number of hydrogen-bond donors (Lipinski definition) is 1. The maximum atomic E-state index is 14.0. The van der Waals surface area contributed by atoms with E-state index in [9.17, 15) is 9.59 Å². The van der Waals surface area contributed by atoms with Gasteiger partial charge in [-0.2, -0.15) is 9.97 Å². The summed E-state index contributed by atoms with van der Waals surface area (Å²) < 4.78 is 41.7. The first-order chi connectivity index (χ1) is 23.5. The lowest BCUT2D eigenvalue weighted by Crippen LogP contribution is -2.61. The summed E-state index contributed by atoms with van der Waals surface area (Å²) in [4.78, 5) is 38.8. The van der Waals surface area contributed by atoms with E-state index in [0.717, 1.165) is 0 Å². The smallest absolute Gasteiger partial charge is 0.321 e. The Bertz CT molecular complexity index is 1680. The minimum absolute atomic E-state index is 0.00704. The number of H-pyrrole nitrogens is 1. The third kappa shape index (κ3) is 11.0. The third-order valence-electron chi connectivity index (χ3n) is 12.4. The first kappa shape index (κ1) is 47.5. The molecule has 0 aliphatic rings. The second-order valence-electron chi connectivity index (χ2n) is 20.5. The summed E-state index contributed by atoms with van der Waals surface area (Å²) in [6.07, 6.45) is -2.00. The minimum Gasteiger partial charge on any atom is -0.479 e. The zero-order chi connectivity index (χ0) is 41.6. The maximum absolute atomic E-state index is 14.0. The van der Waals surface area contributed by atoms with Crippen molar-refractivity contribution >= 4 is 44.4 Å². The molecule has 306 valence electrons. The van der Waals surface area contributed by atoms with Gasteiger partial charge >= 0.3 is 17.1 Å². The van der Waals surface area contributed by atoms with Gasteiger partial charge in [0.05, 0.1) is 45.7 Å². The number of nitrogens with one attached hydrogen (secondary N) is 1. The summed E-state index contributed by atoms with van der Waals surface area (Å²) in [5.74, 6) is 0.0792. The summed E-state index contributed by atoms with van der Waals surface area (Å²) in [5, 5.41) is -0.536. The Morgan fingerprint density at radius 3 is 1.47 bits per heavy atom. The number of hydrogen-bond acceptors (Lipinski definition) is 10. The molecule has 2 rings (SSSR count). The fourth-order valence-electron chi connectivity index (χ4n) is 4.62. The molecule has 0 aliphatic heterocycles. The van der Waals surface area contributed by atoms with Crippen LogP contribution in [0.15, 0.2) is 9.59 Å². The van der Waals surface area contributed by atoms with Crippen molar-refractivity contribution in [1.29, 1.82) is 0 Å². The molecule has 16 heteroatoms. The first-order valence-corrected chi connectivity index (χ1v) is 30.5. The first-order valence-electron chi connectivity index (χ1n) is 18.8. The lowest BCUT2D eigenvalue weighted by Gasteiger charge is -2.49. The van der Waals surface area contributed by atoms with E-state index < -0.39 is 62.7 Å². The van der Waals surface area contributed by atoms with E-state index >= 15 is 0 Å². The van der Waals surface area contributed by atoms with Gasteiger partial charge in [0.2, 0.25) is 5.88 Å². The number of ether oxygens (including phenoxy) is 2. The van der Waals surface area contributed by atoms with Crippen molar-refractivity contribution in [2.45, 2.75) is 180 Å². The summed E-state index contributed by atoms with van der Waals surface area (Å²) in [7, 11) is -7.03. The molecule has 0 spiro atoms. The molecule has 3 atom stereocenters. The molecule has 0 fully saturated rings. The Balaban J connectivity index is 3.14. The quantitative estimate of drug-likeness (QED) is 0.137. The number of nitrogens with zero attached hydrogens (tertiary/aromatic N) is 3. The molecule has 0 amide bonds. The molecule has 0 unspecified atom stereocenters. The molecule has 0 radical (unpaired) electrons. The number of aromatic nitrogens is 4. The number of fused-ring (bicyclic) bond motifs is 1. The molecular weight excluding hydrogens is 741 g/mol. The van der Waals surface area contributed by atoms with Gasteiger partial charge in [-0.1, -0.05) is 83.1 Å². The highest BCUT2D eigenvalue weighted by molar-refractivity contribution is 6.75. The van der Waals surface area contributed by atoms with Crippen molar-refractivity contribution < 1.29 is 27.2 Å². The Morgan fingerprint density at radius 1 is 0.623 bits per heavy atom. The van der Waals surface area contributed by atoms with Crippen LogP contribution in [0.4, 0.5) is 0 Å². The van der Waals surface area contributed by atoms with Crippen LogP contribution < -0.4 is 20.6 Å². The van der Waals surface area contributed by atoms with E-state index in [-0.39, 0.29) is 56.4 Å². The normalized spacial score (nSPS) is 16.1. The molecule has 2 aromatic rings. The lowest BCUT2D eigenvalue weighted by molar-refractivity contribution is -0.0609. The minimum atomic E-state index is -2.59. The molecule has 12 nitrogen and oxygen atoms in total. The average molecular weight is 815 g/mol. The topological polar surface area (TPSA) is 136 Å². The number of aromatic amines is 1. The van der Waals surface area contributed by atoms with Crippen molar-refractivity contribution in [2.24, 2.45) is 0 Å². The highest BCUT2D eigenvalue weighted by Gasteiger charge is 2.50. The fourth-order valence-corrected chi connectivity index (χ4v) is 9.60. The van der Waals surface area contributed by atoms with Crippen LogP contribution in [0.2, 0.25) is 72.5 Å². The van der Waals surface area contributed by atoms with Gasteiger partial charge in [0.25, 0.3) is 0 Å². The van der Waals surface area contributed by atoms with E-state index in [1.54, 1.807) is 0 Å². The summed E-state index contributed by atoms with van der Waals surface area (Å²) in [6, 6.07) is -0.00704. The Kier molecular flexibility index (Phi) is 14.4. The van der Waals surface area contributed by atoms with Crippen molar-refractivity contribution in [3.8, 4) is 11.9 Å². The zero-order valence-corrected chi connectivity index (χ0v) is 41.3. The van der Waals surface area contributed by atoms with Gasteiger partial charge in [0, 0.05) is 0 Å². The fraction of sp³-hybridized carbons (Fsp3) is 0.838. The number of methoxy groups -OCH3 is 2. The Hall–Kier alpha value is -1.67. The van der Waals surface area contributed by atoms with Crippen molar-refractivity contribution in [2.75, 3.05) is 20.8 Å². The van der Waals surface area contributed by atoms with Gasteiger partial charge in [0.1, 0.15) is 5.52 Å². The largest absolute Gasteiger partial charge is 0.479 e. The van der Waals surface area contributed by atoms with Crippen LogP contribution in [-0.2, 0) is 24.2 Å². The van der Waals surface area contributed by atoms with E-state index in [1.165, 1.54) is 18.8 Å². The third-order valence-corrected chi connectivity index (χ3v) is 30.4. The summed E-state index contributed by atoms with van der Waals surface area (Å²) >= 11 is 0. The van der Waals surface area contributed by atoms with Crippen molar-refractivity contribution in [3.63, 3.8) is 0 Å². The molecule has 0 bridgehead atoms. The predicted octanol–water partition coefficient (Wildman–Crippen LogP) is 8.69. The molecule has 0 aliphatic carbocycles.